The predicted octanol–water partition coefficient (Wildman–Crippen LogP) is 7.66. The van der Waals surface area contributed by atoms with Gasteiger partial charge in [-0.3, -0.25) is 4.79 Å². The highest BCUT2D eigenvalue weighted by molar-refractivity contribution is 6.37. The van der Waals surface area contributed by atoms with Crippen LogP contribution in [0.5, 0.6) is 11.5 Å². The molecule has 0 bridgehead atoms. The molecule has 0 radical (unpaired) electrons. The number of guanidine groups is 1. The Balaban J connectivity index is 1.48. The van der Waals surface area contributed by atoms with Crippen LogP contribution in [-0.4, -0.2) is 53.1 Å². The largest absolute Gasteiger partial charge is 0.497 e. The van der Waals surface area contributed by atoms with E-state index >= 15 is 0 Å². The molecule has 1 aliphatic heterocycles. The second kappa shape index (κ2) is 13.7. The molecule has 0 saturated carbocycles. The van der Waals surface area contributed by atoms with Crippen LogP contribution in [0.3, 0.4) is 0 Å². The van der Waals surface area contributed by atoms with E-state index in [1.54, 1.807) is 37.3 Å². The van der Waals surface area contributed by atoms with Gasteiger partial charge in [-0.25, -0.2) is 9.69 Å². The van der Waals surface area contributed by atoms with Crippen molar-refractivity contribution in [1.29, 1.82) is 0 Å². The topological polar surface area (TPSA) is 91.7 Å². The first-order valence-corrected chi connectivity index (χ1v) is 14.4. The van der Waals surface area contributed by atoms with Gasteiger partial charge in [0.2, 0.25) is 5.96 Å². The Morgan fingerprint density at radius 1 is 0.909 bits per heavy atom. The number of hydrogen-bond acceptors (Lipinski definition) is 4. The van der Waals surface area contributed by atoms with Crippen LogP contribution in [0.2, 0.25) is 10.0 Å². The summed E-state index contributed by atoms with van der Waals surface area (Å²) in [4.78, 5) is 32.9. The molecule has 0 spiro atoms. The first-order valence-electron chi connectivity index (χ1n) is 13.7. The summed E-state index contributed by atoms with van der Waals surface area (Å²) in [5.41, 5.74) is 3.30. The third-order valence-electron chi connectivity index (χ3n) is 7.17. The molecule has 1 fully saturated rings. The third-order valence-corrected chi connectivity index (χ3v) is 7.72. The Kier molecular flexibility index (Phi) is 9.53. The maximum absolute atomic E-state index is 13.2. The summed E-state index contributed by atoms with van der Waals surface area (Å²) in [5.74, 6) is 0.654. The van der Waals surface area contributed by atoms with E-state index in [4.69, 9.17) is 32.7 Å². The van der Waals surface area contributed by atoms with Crippen molar-refractivity contribution in [3.63, 3.8) is 0 Å². The number of nitrogens with zero attached hydrogens (tertiary/aromatic N) is 3. The summed E-state index contributed by atoms with van der Waals surface area (Å²) in [7, 11) is 3.29. The first-order chi connectivity index (χ1) is 21.2. The highest BCUT2D eigenvalue weighted by Gasteiger charge is 2.42. The second-order valence-corrected chi connectivity index (χ2v) is 10.9. The SMILES string of the molecule is COc1ccc(/C=C2/C(Cc3ccc(OCc4ccccc4)cc3)N(C)/C(=N/C(=O)c3ccc(Cl)cc3Cl)N2C(=O)O)cc1. The predicted molar refractivity (Wildman–Crippen MR) is 172 cm³/mol. The van der Waals surface area contributed by atoms with Gasteiger partial charge in [0, 0.05) is 12.1 Å². The van der Waals surface area contributed by atoms with Crippen LogP contribution in [0.15, 0.2) is 108 Å². The quantitative estimate of drug-likeness (QED) is 0.215. The first kappa shape index (κ1) is 30.7. The van der Waals surface area contributed by atoms with Crippen LogP contribution < -0.4 is 9.47 Å². The van der Waals surface area contributed by atoms with Gasteiger partial charge in [0.05, 0.1) is 29.4 Å². The lowest BCUT2D eigenvalue weighted by atomic mass is 10.0. The zero-order valence-electron chi connectivity index (χ0n) is 24.0. The van der Waals surface area contributed by atoms with E-state index in [2.05, 4.69) is 4.99 Å². The maximum Gasteiger partial charge on any atom is 0.418 e. The zero-order valence-corrected chi connectivity index (χ0v) is 25.5. The fourth-order valence-corrected chi connectivity index (χ4v) is 5.35. The zero-order chi connectivity index (χ0) is 31.2. The number of methoxy groups -OCH3 is 1. The van der Waals surface area contributed by atoms with Crippen molar-refractivity contribution in [1.82, 2.24) is 9.80 Å². The monoisotopic (exact) mass is 629 g/mol. The van der Waals surface area contributed by atoms with Gasteiger partial charge >= 0.3 is 6.09 Å². The molecule has 1 N–H and O–H groups in total. The molecular formula is C34H29Cl2N3O5. The minimum atomic E-state index is -1.28. The Morgan fingerprint density at radius 3 is 2.23 bits per heavy atom. The van der Waals surface area contributed by atoms with E-state index in [1.165, 1.54) is 18.2 Å². The number of benzene rings is 4. The summed E-state index contributed by atoms with van der Waals surface area (Å²) in [5, 5.41) is 10.9. The Bertz CT molecular complexity index is 1710. The molecule has 224 valence electrons. The van der Waals surface area contributed by atoms with Crippen LogP contribution in [0.25, 0.3) is 6.08 Å². The molecular weight excluding hydrogens is 601 g/mol. The lowest BCUT2D eigenvalue weighted by Crippen LogP contribution is -2.36. The Morgan fingerprint density at radius 2 is 1.59 bits per heavy atom. The number of halogens is 2. The van der Waals surface area contributed by atoms with E-state index in [9.17, 15) is 14.7 Å². The molecule has 4 aromatic carbocycles. The maximum atomic E-state index is 13.2. The van der Waals surface area contributed by atoms with Crippen molar-refractivity contribution < 1.29 is 24.2 Å². The number of rotatable bonds is 8. The van der Waals surface area contributed by atoms with Gasteiger partial charge in [-0.05, 0) is 71.7 Å². The van der Waals surface area contributed by atoms with Crippen molar-refractivity contribution in [2.75, 3.05) is 14.2 Å². The fourth-order valence-electron chi connectivity index (χ4n) is 4.86. The van der Waals surface area contributed by atoms with Crippen LogP contribution >= 0.6 is 23.2 Å². The average molecular weight is 631 g/mol. The number of amides is 2. The fraction of sp³-hybridized carbons (Fsp3) is 0.147. The lowest BCUT2D eigenvalue weighted by Gasteiger charge is -2.20. The van der Waals surface area contributed by atoms with Gasteiger partial charge in [0.15, 0.2) is 0 Å². The summed E-state index contributed by atoms with van der Waals surface area (Å²) in [6.45, 7) is 0.444. The highest BCUT2D eigenvalue weighted by Crippen LogP contribution is 2.32. The molecule has 8 nitrogen and oxygen atoms in total. The molecule has 4 aromatic rings. The van der Waals surface area contributed by atoms with Crippen LogP contribution in [0, 0.1) is 0 Å². The van der Waals surface area contributed by atoms with E-state index in [1.807, 2.05) is 66.7 Å². The van der Waals surface area contributed by atoms with Crippen LogP contribution in [-0.2, 0) is 13.0 Å². The molecule has 1 atom stereocenters. The van der Waals surface area contributed by atoms with Crippen molar-refractivity contribution >= 4 is 47.2 Å². The molecule has 2 amide bonds. The number of carbonyl (C=O) groups is 2. The minimum absolute atomic E-state index is 0.0407. The molecule has 5 rings (SSSR count). The van der Waals surface area contributed by atoms with Gasteiger partial charge in [-0.2, -0.15) is 4.99 Å². The van der Waals surface area contributed by atoms with Crippen molar-refractivity contribution in [3.05, 3.63) is 135 Å². The summed E-state index contributed by atoms with van der Waals surface area (Å²) < 4.78 is 11.2. The van der Waals surface area contributed by atoms with Crippen molar-refractivity contribution in [3.8, 4) is 11.5 Å². The van der Waals surface area contributed by atoms with E-state index < -0.39 is 18.0 Å². The number of ether oxygens (including phenoxy) is 2. The normalized spacial score (nSPS) is 16.4. The molecule has 1 heterocycles. The number of hydrogen-bond donors (Lipinski definition) is 1. The van der Waals surface area contributed by atoms with Crippen molar-refractivity contribution in [2.45, 2.75) is 19.1 Å². The molecule has 0 aliphatic carbocycles. The minimum Gasteiger partial charge on any atom is -0.497 e. The van der Waals surface area contributed by atoms with E-state index in [0.29, 0.717) is 35.2 Å². The highest BCUT2D eigenvalue weighted by atomic mass is 35.5. The molecule has 10 heteroatoms. The molecule has 1 aliphatic rings. The molecule has 0 aromatic heterocycles. The number of carbonyl (C=O) groups excluding carboxylic acids is 1. The number of carboxylic acid groups (broad SMARTS) is 1. The number of aliphatic imine (C=N–C) groups is 1. The van der Waals surface area contributed by atoms with Crippen molar-refractivity contribution in [2.24, 2.45) is 4.99 Å². The molecule has 1 saturated heterocycles. The standard InChI is InChI=1S/C34H29Cl2N3O5/c1-38-30(18-22-10-15-27(16-11-22)44-21-24-6-4-3-5-7-24)31(19-23-8-13-26(43-2)14-9-23)39(34(41)42)33(38)37-32(40)28-17-12-25(35)20-29(28)36/h3-17,19-20,30H,18,21H2,1-2H3,(H,41,42)/b31-19-,37-33-. The van der Waals surface area contributed by atoms with Gasteiger partial charge < -0.3 is 19.5 Å². The summed E-state index contributed by atoms with van der Waals surface area (Å²) in [6.07, 6.45) is 0.919. The Labute approximate surface area is 265 Å². The van der Waals surface area contributed by atoms with E-state index in [-0.39, 0.29) is 16.5 Å². The average Bonchev–Trinajstić information content (AvgIpc) is 3.27. The lowest BCUT2D eigenvalue weighted by molar-refractivity contribution is 0.100. The summed E-state index contributed by atoms with van der Waals surface area (Å²) in [6, 6.07) is 28.7. The van der Waals surface area contributed by atoms with Gasteiger partial charge in [0.25, 0.3) is 5.91 Å². The third kappa shape index (κ3) is 7.05. The smallest absolute Gasteiger partial charge is 0.418 e. The molecule has 44 heavy (non-hydrogen) atoms. The van der Waals surface area contributed by atoms with Gasteiger partial charge in [-0.15, -0.1) is 0 Å². The summed E-state index contributed by atoms with van der Waals surface area (Å²) >= 11 is 12.3. The second-order valence-electron chi connectivity index (χ2n) is 10.1. The molecule has 1 unspecified atom stereocenters. The van der Waals surface area contributed by atoms with Gasteiger partial charge in [0.1, 0.15) is 18.1 Å². The Hall–Kier alpha value is -4.79. The van der Waals surface area contributed by atoms with Crippen LogP contribution in [0.1, 0.15) is 27.0 Å². The van der Waals surface area contributed by atoms with Crippen LogP contribution in [0.4, 0.5) is 4.79 Å². The van der Waals surface area contributed by atoms with Gasteiger partial charge in [-0.1, -0.05) is 77.8 Å². The number of likely N-dealkylation sites (N-methyl/N-ethyl adjacent to an activating group) is 1. The van der Waals surface area contributed by atoms with E-state index in [0.717, 1.165) is 21.6 Å².